The predicted octanol–water partition coefficient (Wildman–Crippen LogP) is 4.11. The summed E-state index contributed by atoms with van der Waals surface area (Å²) in [6, 6.07) is 10.2. The number of hydrogen-bond donors (Lipinski definition) is 2. The molecule has 0 radical (unpaired) electrons. The largest absolute Gasteiger partial charge is 0.332 e. The van der Waals surface area contributed by atoms with Crippen LogP contribution in [-0.4, -0.2) is 15.1 Å². The number of aryl methyl sites for hydroxylation is 1. The molecule has 0 aliphatic rings. The lowest BCUT2D eigenvalue weighted by atomic mass is 9.99. The zero-order valence-corrected chi connectivity index (χ0v) is 13.4. The molecule has 0 saturated carbocycles. The molecule has 5 heteroatoms. The molecule has 2 rings (SSSR count). The van der Waals surface area contributed by atoms with E-state index in [9.17, 15) is 0 Å². The molecule has 110 valence electrons. The first-order valence-corrected chi connectivity index (χ1v) is 7.47. The van der Waals surface area contributed by atoms with Crippen LogP contribution in [-0.2, 0) is 0 Å². The molecule has 0 saturated heterocycles. The van der Waals surface area contributed by atoms with Gasteiger partial charge in [0.2, 0.25) is 5.95 Å². The van der Waals surface area contributed by atoms with Crippen LogP contribution in [0.1, 0.15) is 37.4 Å². The minimum atomic E-state index is 0.483. The van der Waals surface area contributed by atoms with Gasteiger partial charge in [-0.3, -0.25) is 0 Å². The third-order valence-corrected chi connectivity index (χ3v) is 3.57. The van der Waals surface area contributed by atoms with Crippen LogP contribution in [0.25, 0.3) is 0 Å². The van der Waals surface area contributed by atoms with Crippen LogP contribution >= 0.6 is 12.2 Å². The number of anilines is 2. The van der Waals surface area contributed by atoms with Gasteiger partial charge in [0.1, 0.15) is 0 Å². The molecular formula is C16H20N4S. The Hall–Kier alpha value is -2.01. The molecule has 0 amide bonds. The first-order valence-electron chi connectivity index (χ1n) is 7.06. The maximum Gasteiger partial charge on any atom is 0.229 e. The molecule has 0 fully saturated rings. The Morgan fingerprint density at radius 2 is 1.90 bits per heavy atom. The highest BCUT2D eigenvalue weighted by Gasteiger charge is 2.04. The molecule has 1 heterocycles. The molecule has 2 aromatic rings. The zero-order chi connectivity index (χ0) is 15.2. The van der Waals surface area contributed by atoms with Gasteiger partial charge in [-0.1, -0.05) is 26.0 Å². The minimum Gasteiger partial charge on any atom is -0.332 e. The fourth-order valence-electron chi connectivity index (χ4n) is 1.90. The van der Waals surface area contributed by atoms with E-state index in [1.165, 1.54) is 5.56 Å². The van der Waals surface area contributed by atoms with E-state index < -0.39 is 0 Å². The monoisotopic (exact) mass is 300 g/mol. The van der Waals surface area contributed by atoms with E-state index in [1.807, 2.05) is 25.1 Å². The summed E-state index contributed by atoms with van der Waals surface area (Å²) in [5.41, 5.74) is 3.18. The van der Waals surface area contributed by atoms with E-state index in [1.54, 1.807) is 6.20 Å². The van der Waals surface area contributed by atoms with Crippen molar-refractivity contribution >= 4 is 29.0 Å². The van der Waals surface area contributed by atoms with E-state index in [4.69, 9.17) is 12.2 Å². The number of benzene rings is 1. The van der Waals surface area contributed by atoms with Crippen LogP contribution in [0.2, 0.25) is 0 Å². The van der Waals surface area contributed by atoms with Crippen molar-refractivity contribution in [1.82, 2.24) is 9.97 Å². The van der Waals surface area contributed by atoms with Crippen molar-refractivity contribution in [2.45, 2.75) is 33.1 Å². The Morgan fingerprint density at radius 3 is 2.52 bits per heavy atom. The highest BCUT2D eigenvalue weighted by Crippen LogP contribution is 2.20. The highest BCUT2D eigenvalue weighted by molar-refractivity contribution is 7.80. The molecule has 21 heavy (non-hydrogen) atoms. The molecule has 1 aromatic carbocycles. The van der Waals surface area contributed by atoms with Crippen LogP contribution < -0.4 is 10.6 Å². The van der Waals surface area contributed by atoms with Crippen molar-refractivity contribution < 1.29 is 0 Å². The van der Waals surface area contributed by atoms with E-state index >= 15 is 0 Å². The van der Waals surface area contributed by atoms with Crippen LogP contribution in [0.4, 0.5) is 11.6 Å². The molecule has 1 unspecified atom stereocenters. The Bertz CT molecular complexity index is 610. The lowest BCUT2D eigenvalue weighted by molar-refractivity contribution is 0.734. The molecule has 1 atom stereocenters. The van der Waals surface area contributed by atoms with E-state index in [2.05, 4.69) is 46.6 Å². The summed E-state index contributed by atoms with van der Waals surface area (Å²) >= 11 is 5.27. The van der Waals surface area contributed by atoms with Gasteiger partial charge in [0.25, 0.3) is 0 Å². The number of aromatic nitrogens is 2. The quantitative estimate of drug-likeness (QED) is 0.832. The SMILES string of the molecule is CCC(C)c1ccc(NC(=S)Nc2nccc(C)n2)cc1. The Kier molecular flexibility index (Phi) is 5.22. The standard InChI is InChI=1S/C16H20N4S/c1-4-11(2)13-5-7-14(8-6-13)19-16(21)20-15-17-10-9-12(3)18-15/h5-11H,4H2,1-3H3,(H2,17,18,19,20,21). The number of rotatable bonds is 4. The molecule has 0 aliphatic carbocycles. The average molecular weight is 300 g/mol. The smallest absolute Gasteiger partial charge is 0.229 e. The van der Waals surface area contributed by atoms with Gasteiger partial charge in [-0.25, -0.2) is 9.97 Å². The molecule has 1 aromatic heterocycles. The maximum atomic E-state index is 5.27. The number of hydrogen-bond acceptors (Lipinski definition) is 3. The Balaban J connectivity index is 1.96. The predicted molar refractivity (Wildman–Crippen MR) is 91.8 cm³/mol. The normalized spacial score (nSPS) is 11.8. The first-order chi connectivity index (χ1) is 10.1. The molecule has 4 nitrogen and oxygen atoms in total. The fourth-order valence-corrected chi connectivity index (χ4v) is 2.11. The van der Waals surface area contributed by atoms with Crippen molar-refractivity contribution in [2.24, 2.45) is 0 Å². The minimum absolute atomic E-state index is 0.483. The maximum absolute atomic E-state index is 5.27. The molecule has 0 bridgehead atoms. The van der Waals surface area contributed by atoms with Crippen molar-refractivity contribution in [1.29, 1.82) is 0 Å². The van der Waals surface area contributed by atoms with Crippen LogP contribution in [0.3, 0.4) is 0 Å². The lowest BCUT2D eigenvalue weighted by Crippen LogP contribution is -2.20. The van der Waals surface area contributed by atoms with E-state index in [0.29, 0.717) is 17.0 Å². The van der Waals surface area contributed by atoms with Gasteiger partial charge in [-0.15, -0.1) is 0 Å². The van der Waals surface area contributed by atoms with Crippen LogP contribution in [0.5, 0.6) is 0 Å². The summed E-state index contributed by atoms with van der Waals surface area (Å²) in [5, 5.41) is 6.60. The second-order valence-electron chi connectivity index (χ2n) is 5.03. The van der Waals surface area contributed by atoms with Gasteiger partial charge in [0.15, 0.2) is 5.11 Å². The van der Waals surface area contributed by atoms with E-state index in [0.717, 1.165) is 17.8 Å². The van der Waals surface area contributed by atoms with Gasteiger partial charge >= 0.3 is 0 Å². The zero-order valence-electron chi connectivity index (χ0n) is 12.6. The van der Waals surface area contributed by atoms with Crippen molar-refractivity contribution in [3.05, 3.63) is 47.8 Å². The van der Waals surface area contributed by atoms with Crippen molar-refractivity contribution in [2.75, 3.05) is 10.6 Å². The average Bonchev–Trinajstić information content (AvgIpc) is 2.47. The summed E-state index contributed by atoms with van der Waals surface area (Å²) < 4.78 is 0. The molecule has 2 N–H and O–H groups in total. The summed E-state index contributed by atoms with van der Waals surface area (Å²) in [6.07, 6.45) is 2.84. The van der Waals surface area contributed by atoms with Gasteiger partial charge in [-0.05, 0) is 55.2 Å². The Morgan fingerprint density at radius 1 is 1.19 bits per heavy atom. The Labute approximate surface area is 131 Å². The summed E-state index contributed by atoms with van der Waals surface area (Å²) in [5.74, 6) is 1.08. The van der Waals surface area contributed by atoms with E-state index in [-0.39, 0.29) is 0 Å². The second kappa shape index (κ2) is 7.13. The van der Waals surface area contributed by atoms with Crippen molar-refractivity contribution in [3.63, 3.8) is 0 Å². The first kappa shape index (κ1) is 15.4. The third-order valence-electron chi connectivity index (χ3n) is 3.37. The van der Waals surface area contributed by atoms with Gasteiger partial charge in [0, 0.05) is 17.6 Å². The van der Waals surface area contributed by atoms with Gasteiger partial charge < -0.3 is 10.6 Å². The van der Waals surface area contributed by atoms with Gasteiger partial charge in [0.05, 0.1) is 0 Å². The lowest BCUT2D eigenvalue weighted by Gasteiger charge is -2.12. The molecule has 0 aliphatic heterocycles. The number of thiocarbonyl (C=S) groups is 1. The number of nitrogens with one attached hydrogen (secondary N) is 2. The van der Waals surface area contributed by atoms with Gasteiger partial charge in [-0.2, -0.15) is 0 Å². The third kappa shape index (κ3) is 4.49. The topological polar surface area (TPSA) is 49.8 Å². The second-order valence-corrected chi connectivity index (χ2v) is 5.44. The molecular weight excluding hydrogens is 280 g/mol. The summed E-state index contributed by atoms with van der Waals surface area (Å²) in [7, 11) is 0. The highest BCUT2D eigenvalue weighted by atomic mass is 32.1. The molecule has 0 spiro atoms. The van der Waals surface area contributed by atoms with Crippen molar-refractivity contribution in [3.8, 4) is 0 Å². The summed E-state index contributed by atoms with van der Waals surface area (Å²) in [4.78, 5) is 8.37. The summed E-state index contributed by atoms with van der Waals surface area (Å²) in [6.45, 7) is 6.33. The number of nitrogens with zero attached hydrogens (tertiary/aromatic N) is 2. The fraction of sp³-hybridized carbons (Fsp3) is 0.312. The van der Waals surface area contributed by atoms with Crippen LogP contribution in [0.15, 0.2) is 36.5 Å². The van der Waals surface area contributed by atoms with Crippen LogP contribution in [0, 0.1) is 6.92 Å².